The summed E-state index contributed by atoms with van der Waals surface area (Å²) in [6.45, 7) is 2.18. The van der Waals surface area contributed by atoms with Gasteiger partial charge in [0, 0.05) is 25.6 Å². The fourth-order valence-electron chi connectivity index (χ4n) is 1.76. The van der Waals surface area contributed by atoms with Crippen molar-refractivity contribution in [3.8, 4) is 11.4 Å². The quantitative estimate of drug-likeness (QED) is 0.945. The van der Waals surface area contributed by atoms with Gasteiger partial charge in [0.25, 0.3) is 0 Å². The number of halogens is 1. The Morgan fingerprint density at radius 2 is 1.94 bits per heavy atom. The summed E-state index contributed by atoms with van der Waals surface area (Å²) in [5.74, 6) is 0.917. The molecule has 0 amide bonds. The molecule has 0 spiro atoms. The lowest BCUT2D eigenvalue weighted by molar-refractivity contribution is 0.298. The van der Waals surface area contributed by atoms with E-state index in [0.717, 1.165) is 21.7 Å². The van der Waals surface area contributed by atoms with Gasteiger partial charge in [-0.3, -0.25) is 0 Å². The van der Waals surface area contributed by atoms with Crippen LogP contribution in [0.4, 0.5) is 0 Å². The first-order chi connectivity index (χ1) is 8.13. The minimum atomic E-state index is 0.114. The molecule has 0 unspecified atom stereocenters. The van der Waals surface area contributed by atoms with Gasteiger partial charge in [0.15, 0.2) is 0 Å². The molecular formula is C13H15BrN2O. The lowest BCUT2D eigenvalue weighted by Crippen LogP contribution is -1.93. The van der Waals surface area contributed by atoms with Gasteiger partial charge in [-0.25, -0.2) is 4.98 Å². The zero-order chi connectivity index (χ0) is 12.4. The second-order valence-corrected chi connectivity index (χ2v) is 4.82. The summed E-state index contributed by atoms with van der Waals surface area (Å²) < 4.78 is 2.93. The van der Waals surface area contributed by atoms with E-state index < -0.39 is 0 Å². The summed E-state index contributed by atoms with van der Waals surface area (Å²) in [6, 6.07) is 8.27. The van der Waals surface area contributed by atoms with Crippen LogP contribution in [-0.4, -0.2) is 21.3 Å². The van der Waals surface area contributed by atoms with Gasteiger partial charge in [0.2, 0.25) is 0 Å². The van der Waals surface area contributed by atoms with Crippen LogP contribution in [0, 0.1) is 6.92 Å². The Balaban J connectivity index is 2.45. The van der Waals surface area contributed by atoms with E-state index in [1.807, 2.05) is 11.6 Å². The first kappa shape index (κ1) is 12.3. The smallest absolute Gasteiger partial charge is 0.140 e. The molecule has 3 nitrogen and oxygen atoms in total. The SMILES string of the molecule is Cc1ccc(-c2nc(CCO)c(Br)n2C)cc1. The highest BCUT2D eigenvalue weighted by Gasteiger charge is 2.13. The third-order valence-corrected chi connectivity index (χ3v) is 3.74. The normalized spacial score (nSPS) is 10.8. The number of aliphatic hydroxyl groups is 1. The fourth-order valence-corrected chi connectivity index (χ4v) is 2.22. The number of benzene rings is 1. The van der Waals surface area contributed by atoms with Crippen LogP contribution in [0.2, 0.25) is 0 Å². The maximum atomic E-state index is 8.98. The molecule has 0 fully saturated rings. The van der Waals surface area contributed by atoms with E-state index in [0.29, 0.717) is 6.42 Å². The molecule has 0 atom stereocenters. The summed E-state index contributed by atoms with van der Waals surface area (Å²) in [5.41, 5.74) is 3.21. The molecule has 0 saturated heterocycles. The second-order valence-electron chi connectivity index (χ2n) is 4.07. The van der Waals surface area contributed by atoms with Gasteiger partial charge in [-0.1, -0.05) is 29.8 Å². The molecule has 2 aromatic rings. The Morgan fingerprint density at radius 3 is 2.53 bits per heavy atom. The standard InChI is InChI=1S/C13H15BrN2O/c1-9-3-5-10(6-4-9)13-15-11(7-8-17)12(14)16(13)2/h3-6,17H,7-8H2,1-2H3. The van der Waals surface area contributed by atoms with Crippen molar-refractivity contribution in [1.29, 1.82) is 0 Å². The summed E-state index contributed by atoms with van der Waals surface area (Å²) in [6.07, 6.45) is 0.570. The van der Waals surface area contributed by atoms with Crippen molar-refractivity contribution < 1.29 is 5.11 Å². The largest absolute Gasteiger partial charge is 0.396 e. The Labute approximate surface area is 109 Å². The van der Waals surface area contributed by atoms with Crippen molar-refractivity contribution in [3.63, 3.8) is 0 Å². The number of rotatable bonds is 3. The molecule has 0 aliphatic heterocycles. The van der Waals surface area contributed by atoms with Crippen molar-refractivity contribution in [2.24, 2.45) is 7.05 Å². The summed E-state index contributed by atoms with van der Waals surface area (Å²) >= 11 is 3.50. The lowest BCUT2D eigenvalue weighted by atomic mass is 10.1. The zero-order valence-electron chi connectivity index (χ0n) is 9.94. The summed E-state index contributed by atoms with van der Waals surface area (Å²) in [5, 5.41) is 8.98. The number of aliphatic hydroxyl groups excluding tert-OH is 1. The minimum absolute atomic E-state index is 0.114. The predicted molar refractivity (Wildman–Crippen MR) is 71.9 cm³/mol. The van der Waals surface area contributed by atoms with Crippen molar-refractivity contribution in [2.75, 3.05) is 6.61 Å². The van der Waals surface area contributed by atoms with Crippen molar-refractivity contribution in [2.45, 2.75) is 13.3 Å². The van der Waals surface area contributed by atoms with Crippen LogP contribution in [-0.2, 0) is 13.5 Å². The van der Waals surface area contributed by atoms with E-state index >= 15 is 0 Å². The van der Waals surface area contributed by atoms with Crippen LogP contribution in [0.3, 0.4) is 0 Å². The molecule has 1 N–H and O–H groups in total. The molecule has 1 aromatic heterocycles. The third-order valence-electron chi connectivity index (χ3n) is 2.75. The van der Waals surface area contributed by atoms with Gasteiger partial charge in [0.05, 0.1) is 5.69 Å². The van der Waals surface area contributed by atoms with Crippen LogP contribution >= 0.6 is 15.9 Å². The van der Waals surface area contributed by atoms with Crippen LogP contribution in [0.25, 0.3) is 11.4 Å². The monoisotopic (exact) mass is 294 g/mol. The molecule has 0 aliphatic carbocycles. The maximum Gasteiger partial charge on any atom is 0.140 e. The molecule has 2 rings (SSSR count). The Kier molecular flexibility index (Phi) is 3.64. The van der Waals surface area contributed by atoms with Crippen LogP contribution in [0.5, 0.6) is 0 Å². The van der Waals surface area contributed by atoms with Gasteiger partial charge < -0.3 is 9.67 Å². The van der Waals surface area contributed by atoms with Crippen LogP contribution in [0.15, 0.2) is 28.9 Å². The molecule has 0 radical (unpaired) electrons. The average molecular weight is 295 g/mol. The van der Waals surface area contributed by atoms with Crippen LogP contribution < -0.4 is 0 Å². The Bertz CT molecular complexity index is 517. The van der Waals surface area contributed by atoms with Crippen LogP contribution in [0.1, 0.15) is 11.3 Å². The highest BCUT2D eigenvalue weighted by atomic mass is 79.9. The molecule has 90 valence electrons. The second kappa shape index (κ2) is 5.02. The van der Waals surface area contributed by atoms with Gasteiger partial charge in [-0.15, -0.1) is 0 Å². The van der Waals surface area contributed by atoms with E-state index in [4.69, 9.17) is 5.11 Å². The molecule has 17 heavy (non-hydrogen) atoms. The zero-order valence-corrected chi connectivity index (χ0v) is 11.5. The third kappa shape index (κ3) is 2.42. The molecular weight excluding hydrogens is 280 g/mol. The molecule has 1 aromatic carbocycles. The van der Waals surface area contributed by atoms with Gasteiger partial charge in [-0.2, -0.15) is 0 Å². The van der Waals surface area contributed by atoms with Gasteiger partial charge >= 0.3 is 0 Å². The number of hydrogen-bond donors (Lipinski definition) is 1. The molecule has 0 bridgehead atoms. The summed E-state index contributed by atoms with van der Waals surface area (Å²) in [7, 11) is 1.97. The number of imidazole rings is 1. The molecule has 1 heterocycles. The van der Waals surface area contributed by atoms with Crippen molar-refractivity contribution in [3.05, 3.63) is 40.1 Å². The Morgan fingerprint density at radius 1 is 1.29 bits per heavy atom. The Hall–Kier alpha value is -1.13. The number of aromatic nitrogens is 2. The van der Waals surface area contributed by atoms with E-state index in [1.54, 1.807) is 0 Å². The van der Waals surface area contributed by atoms with E-state index in [1.165, 1.54) is 5.56 Å². The first-order valence-electron chi connectivity index (χ1n) is 5.52. The van der Waals surface area contributed by atoms with Crippen molar-refractivity contribution >= 4 is 15.9 Å². The number of nitrogens with zero attached hydrogens (tertiary/aromatic N) is 2. The maximum absolute atomic E-state index is 8.98. The fraction of sp³-hybridized carbons (Fsp3) is 0.308. The topological polar surface area (TPSA) is 38.1 Å². The minimum Gasteiger partial charge on any atom is -0.396 e. The number of hydrogen-bond acceptors (Lipinski definition) is 2. The highest BCUT2D eigenvalue weighted by Crippen LogP contribution is 2.25. The van der Waals surface area contributed by atoms with Crippen molar-refractivity contribution in [1.82, 2.24) is 9.55 Å². The highest BCUT2D eigenvalue weighted by molar-refractivity contribution is 9.10. The number of aryl methyl sites for hydroxylation is 1. The molecule has 4 heteroatoms. The average Bonchev–Trinajstić information content (AvgIpc) is 2.59. The van der Waals surface area contributed by atoms with E-state index in [-0.39, 0.29) is 6.61 Å². The molecule has 0 aliphatic rings. The summed E-state index contributed by atoms with van der Waals surface area (Å²) in [4.78, 5) is 4.56. The predicted octanol–water partition coefficient (Wildman–Crippen LogP) is 2.69. The van der Waals surface area contributed by atoms with Gasteiger partial charge in [0.1, 0.15) is 10.4 Å². The first-order valence-corrected chi connectivity index (χ1v) is 6.31. The lowest BCUT2D eigenvalue weighted by Gasteiger charge is -2.02. The van der Waals surface area contributed by atoms with E-state index in [2.05, 4.69) is 52.1 Å². The van der Waals surface area contributed by atoms with E-state index in [9.17, 15) is 0 Å². The molecule has 0 saturated carbocycles. The van der Waals surface area contributed by atoms with Gasteiger partial charge in [-0.05, 0) is 22.9 Å².